The molecule has 0 fully saturated rings. The minimum Gasteiger partial charge on any atom is -0.378 e. The summed E-state index contributed by atoms with van der Waals surface area (Å²) in [6.45, 7) is 14.2. The third kappa shape index (κ3) is 6.68. The van der Waals surface area contributed by atoms with Crippen LogP contribution >= 0.6 is 0 Å². The molecule has 0 saturated carbocycles. The van der Waals surface area contributed by atoms with E-state index in [1.165, 1.54) is 12.1 Å². The first-order chi connectivity index (χ1) is 5.93. The molecule has 0 saturated heterocycles. The van der Waals surface area contributed by atoms with Crippen LogP contribution in [0.2, 0.25) is 0 Å². The summed E-state index contributed by atoms with van der Waals surface area (Å²) in [5, 5.41) is 0. The monoisotopic (exact) mass is 183 g/mol. The van der Waals surface area contributed by atoms with Crippen LogP contribution in [0.3, 0.4) is 0 Å². The van der Waals surface area contributed by atoms with Gasteiger partial charge in [0.05, 0.1) is 0 Å². The van der Waals surface area contributed by atoms with Gasteiger partial charge in [-0.3, -0.25) is 0 Å². The number of allylic oxidation sites excluding steroid dienone is 1. The third-order valence-corrected chi connectivity index (χ3v) is 2.23. The highest BCUT2D eigenvalue weighted by atomic mass is 15.1. The number of rotatable bonds is 6. The largest absolute Gasteiger partial charge is 0.378 e. The van der Waals surface area contributed by atoms with Gasteiger partial charge in [-0.25, -0.2) is 0 Å². The van der Waals surface area contributed by atoms with Crippen molar-refractivity contribution in [3.63, 3.8) is 0 Å². The van der Waals surface area contributed by atoms with Crippen LogP contribution in [0.1, 0.15) is 40.5 Å². The van der Waals surface area contributed by atoms with Crippen molar-refractivity contribution in [2.45, 2.75) is 40.5 Å². The Kier molecular flexibility index (Phi) is 5.85. The molecule has 1 nitrogen and oxygen atoms in total. The maximum Gasteiger partial charge on any atom is 0.0174 e. The second kappa shape index (κ2) is 6.06. The van der Waals surface area contributed by atoms with Crippen LogP contribution < -0.4 is 0 Å². The molecule has 0 bridgehead atoms. The van der Waals surface area contributed by atoms with E-state index < -0.39 is 0 Å². The topological polar surface area (TPSA) is 3.24 Å². The maximum atomic E-state index is 4.10. The zero-order chi connectivity index (χ0) is 10.4. The van der Waals surface area contributed by atoms with Crippen LogP contribution in [0.4, 0.5) is 0 Å². The van der Waals surface area contributed by atoms with Gasteiger partial charge in [-0.1, -0.05) is 34.3 Å². The summed E-state index contributed by atoms with van der Waals surface area (Å²) in [6, 6.07) is 0. The van der Waals surface area contributed by atoms with Crippen molar-refractivity contribution >= 4 is 0 Å². The zero-order valence-corrected chi connectivity index (χ0v) is 9.93. The highest BCUT2D eigenvalue weighted by molar-refractivity contribution is 4.92. The predicted octanol–water partition coefficient (Wildman–Crippen LogP) is 3.52. The van der Waals surface area contributed by atoms with Crippen molar-refractivity contribution in [3.8, 4) is 0 Å². The molecule has 0 aromatic carbocycles. The molecule has 13 heavy (non-hydrogen) atoms. The van der Waals surface area contributed by atoms with E-state index in [9.17, 15) is 0 Å². The predicted molar refractivity (Wildman–Crippen MR) is 60.7 cm³/mol. The van der Waals surface area contributed by atoms with Gasteiger partial charge in [0.25, 0.3) is 0 Å². The normalized spacial score (nSPS) is 11.0. The van der Waals surface area contributed by atoms with Crippen molar-refractivity contribution in [2.75, 3.05) is 13.6 Å². The average molecular weight is 183 g/mol. The standard InChI is InChI=1S/C12H25N/c1-10(2)7-8-13(6)12(5)9-11(3)4/h10-11H,5,7-9H2,1-4,6H3. The molecule has 0 heterocycles. The molecule has 0 unspecified atom stereocenters. The summed E-state index contributed by atoms with van der Waals surface area (Å²) >= 11 is 0. The smallest absolute Gasteiger partial charge is 0.0174 e. The highest BCUT2D eigenvalue weighted by Crippen LogP contribution is 2.13. The van der Waals surface area contributed by atoms with E-state index in [-0.39, 0.29) is 0 Å². The zero-order valence-electron chi connectivity index (χ0n) is 9.93. The number of nitrogens with zero attached hydrogens (tertiary/aromatic N) is 1. The highest BCUT2D eigenvalue weighted by Gasteiger charge is 2.04. The van der Waals surface area contributed by atoms with Crippen LogP contribution in [-0.4, -0.2) is 18.5 Å². The van der Waals surface area contributed by atoms with Gasteiger partial charge in [-0.2, -0.15) is 0 Å². The first kappa shape index (κ1) is 12.5. The van der Waals surface area contributed by atoms with Crippen LogP contribution in [0.15, 0.2) is 12.3 Å². The minimum absolute atomic E-state index is 0.717. The van der Waals surface area contributed by atoms with E-state index in [1.54, 1.807) is 0 Å². The van der Waals surface area contributed by atoms with E-state index in [0.29, 0.717) is 5.92 Å². The van der Waals surface area contributed by atoms with Crippen LogP contribution in [0, 0.1) is 11.8 Å². The Bertz CT molecular complexity index is 147. The SMILES string of the molecule is C=C(CC(C)C)N(C)CCC(C)C. The molecule has 0 atom stereocenters. The molecule has 1 heteroatoms. The molecule has 0 N–H and O–H groups in total. The minimum atomic E-state index is 0.717. The Labute approximate surface area is 83.8 Å². The second-order valence-electron chi connectivity index (χ2n) is 4.77. The van der Waals surface area contributed by atoms with E-state index in [4.69, 9.17) is 0 Å². The summed E-state index contributed by atoms with van der Waals surface area (Å²) in [5.41, 5.74) is 1.27. The van der Waals surface area contributed by atoms with E-state index >= 15 is 0 Å². The second-order valence-corrected chi connectivity index (χ2v) is 4.77. The molecule has 0 rings (SSSR count). The Morgan fingerprint density at radius 3 is 2.08 bits per heavy atom. The Balaban J connectivity index is 3.69. The van der Waals surface area contributed by atoms with Gasteiger partial charge in [0.2, 0.25) is 0 Å². The van der Waals surface area contributed by atoms with Crippen molar-refractivity contribution in [3.05, 3.63) is 12.3 Å². The summed E-state index contributed by atoms with van der Waals surface area (Å²) in [6.07, 6.45) is 2.38. The molecule has 0 aliphatic heterocycles. The van der Waals surface area contributed by atoms with Gasteiger partial charge in [0.1, 0.15) is 0 Å². The summed E-state index contributed by atoms with van der Waals surface area (Å²) in [5.74, 6) is 1.50. The number of hydrogen-bond acceptors (Lipinski definition) is 1. The lowest BCUT2D eigenvalue weighted by Gasteiger charge is -2.23. The lowest BCUT2D eigenvalue weighted by atomic mass is 10.1. The molecular formula is C12H25N. The molecular weight excluding hydrogens is 158 g/mol. The molecule has 0 spiro atoms. The summed E-state index contributed by atoms with van der Waals surface area (Å²) in [4.78, 5) is 2.29. The van der Waals surface area contributed by atoms with Gasteiger partial charge in [0.15, 0.2) is 0 Å². The molecule has 78 valence electrons. The fourth-order valence-electron chi connectivity index (χ4n) is 1.24. The molecule has 0 aromatic rings. The van der Waals surface area contributed by atoms with Gasteiger partial charge in [0, 0.05) is 19.3 Å². The van der Waals surface area contributed by atoms with Crippen molar-refractivity contribution in [1.82, 2.24) is 4.90 Å². The third-order valence-electron chi connectivity index (χ3n) is 2.23. The van der Waals surface area contributed by atoms with E-state index in [2.05, 4.69) is 46.2 Å². The van der Waals surface area contributed by atoms with Crippen LogP contribution in [0.5, 0.6) is 0 Å². The van der Waals surface area contributed by atoms with Crippen molar-refractivity contribution in [2.24, 2.45) is 11.8 Å². The van der Waals surface area contributed by atoms with E-state index in [1.807, 2.05) is 0 Å². The molecule has 0 aromatic heterocycles. The quantitative estimate of drug-likeness (QED) is 0.609. The van der Waals surface area contributed by atoms with Gasteiger partial charge >= 0.3 is 0 Å². The summed E-state index contributed by atoms with van der Waals surface area (Å²) in [7, 11) is 2.15. The van der Waals surface area contributed by atoms with Crippen LogP contribution in [-0.2, 0) is 0 Å². The molecule has 0 amide bonds. The fourth-order valence-corrected chi connectivity index (χ4v) is 1.24. The van der Waals surface area contributed by atoms with Gasteiger partial charge in [-0.05, 0) is 24.7 Å². The van der Waals surface area contributed by atoms with E-state index in [0.717, 1.165) is 18.9 Å². The Morgan fingerprint density at radius 1 is 1.15 bits per heavy atom. The lowest BCUT2D eigenvalue weighted by Crippen LogP contribution is -2.20. The molecule has 0 radical (unpaired) electrons. The summed E-state index contributed by atoms with van der Waals surface area (Å²) < 4.78 is 0. The van der Waals surface area contributed by atoms with Gasteiger partial charge in [-0.15, -0.1) is 0 Å². The molecule has 0 aliphatic rings. The number of hydrogen-bond donors (Lipinski definition) is 0. The van der Waals surface area contributed by atoms with Crippen LogP contribution in [0.25, 0.3) is 0 Å². The fraction of sp³-hybridized carbons (Fsp3) is 0.833. The first-order valence-electron chi connectivity index (χ1n) is 5.32. The van der Waals surface area contributed by atoms with Crippen molar-refractivity contribution < 1.29 is 0 Å². The Morgan fingerprint density at radius 2 is 1.69 bits per heavy atom. The van der Waals surface area contributed by atoms with Crippen molar-refractivity contribution in [1.29, 1.82) is 0 Å². The maximum absolute atomic E-state index is 4.10. The average Bonchev–Trinajstić information content (AvgIpc) is 1.98. The van der Waals surface area contributed by atoms with Gasteiger partial charge < -0.3 is 4.90 Å². The molecule has 0 aliphatic carbocycles. The first-order valence-corrected chi connectivity index (χ1v) is 5.32. The lowest BCUT2D eigenvalue weighted by molar-refractivity contribution is 0.355. The Hall–Kier alpha value is -0.460.